The number of fused-ring (bicyclic) bond motifs is 1. The lowest BCUT2D eigenvalue weighted by Gasteiger charge is -2.24. The molecule has 0 N–H and O–H groups in total. The van der Waals surface area contributed by atoms with Crippen molar-refractivity contribution in [2.24, 2.45) is 0 Å². The highest BCUT2D eigenvalue weighted by Gasteiger charge is 2.17. The van der Waals surface area contributed by atoms with E-state index in [0.717, 1.165) is 51.1 Å². The third-order valence-corrected chi connectivity index (χ3v) is 5.37. The maximum absolute atomic E-state index is 4.90. The van der Waals surface area contributed by atoms with E-state index in [1.807, 2.05) is 26.0 Å². The minimum absolute atomic E-state index is 0.669. The number of nitrogens with zero attached hydrogens (tertiary/aromatic N) is 5. The lowest BCUT2D eigenvalue weighted by atomic mass is 10.2. The molecule has 0 fully saturated rings. The zero-order valence-electron chi connectivity index (χ0n) is 16.4. The predicted octanol–water partition coefficient (Wildman–Crippen LogP) is 4.87. The zero-order chi connectivity index (χ0) is 19.5. The highest BCUT2D eigenvalue weighted by molar-refractivity contribution is 7.16. The number of anilines is 1. The second kappa shape index (κ2) is 8.02. The first kappa shape index (κ1) is 18.5. The van der Waals surface area contributed by atoms with Gasteiger partial charge in [0.2, 0.25) is 0 Å². The molecule has 4 rings (SSSR count). The van der Waals surface area contributed by atoms with Crippen molar-refractivity contribution in [3.05, 3.63) is 76.4 Å². The normalized spacial score (nSPS) is 11.1. The fraction of sp³-hybridized carbons (Fsp3) is 0.273. The molecule has 5 nitrogen and oxygen atoms in total. The van der Waals surface area contributed by atoms with E-state index in [1.54, 1.807) is 11.3 Å². The van der Waals surface area contributed by atoms with Gasteiger partial charge in [0.05, 0.1) is 29.9 Å². The Morgan fingerprint density at radius 1 is 0.821 bits per heavy atom. The van der Waals surface area contributed by atoms with Crippen molar-refractivity contribution in [1.29, 1.82) is 0 Å². The van der Waals surface area contributed by atoms with Crippen LogP contribution in [0.3, 0.4) is 0 Å². The van der Waals surface area contributed by atoms with Crippen LogP contribution in [0.2, 0.25) is 0 Å². The maximum Gasteiger partial charge on any atom is 0.141 e. The Morgan fingerprint density at radius 3 is 2.04 bits per heavy atom. The molecule has 6 heteroatoms. The van der Waals surface area contributed by atoms with Crippen LogP contribution in [0.4, 0.5) is 5.82 Å². The molecule has 0 unspecified atom stereocenters. The van der Waals surface area contributed by atoms with Crippen LogP contribution in [-0.2, 0) is 19.5 Å². The van der Waals surface area contributed by atoms with E-state index in [2.05, 4.69) is 52.5 Å². The molecule has 0 amide bonds. The SMILES string of the molecule is CCc1nc(N(Cc2cccc(C)n2)Cc2cccc(C)n2)c2ccsc2n1. The quantitative estimate of drug-likeness (QED) is 0.471. The third-order valence-electron chi connectivity index (χ3n) is 4.56. The number of aryl methyl sites for hydroxylation is 3. The Labute approximate surface area is 169 Å². The van der Waals surface area contributed by atoms with Crippen LogP contribution in [0.15, 0.2) is 47.8 Å². The van der Waals surface area contributed by atoms with Gasteiger partial charge in [-0.25, -0.2) is 9.97 Å². The summed E-state index contributed by atoms with van der Waals surface area (Å²) in [6.07, 6.45) is 0.806. The van der Waals surface area contributed by atoms with Crippen LogP contribution >= 0.6 is 11.3 Å². The summed E-state index contributed by atoms with van der Waals surface area (Å²) in [5, 5.41) is 3.17. The predicted molar refractivity (Wildman–Crippen MR) is 115 cm³/mol. The molecule has 0 spiro atoms. The van der Waals surface area contributed by atoms with Crippen LogP contribution in [0, 0.1) is 13.8 Å². The molecule has 0 aliphatic rings. The van der Waals surface area contributed by atoms with E-state index in [4.69, 9.17) is 15.0 Å². The van der Waals surface area contributed by atoms with Gasteiger partial charge in [0.15, 0.2) is 0 Å². The van der Waals surface area contributed by atoms with E-state index < -0.39 is 0 Å². The highest BCUT2D eigenvalue weighted by atomic mass is 32.1. The molecule has 0 saturated carbocycles. The summed E-state index contributed by atoms with van der Waals surface area (Å²) in [4.78, 5) is 22.3. The Kier molecular flexibility index (Phi) is 5.30. The van der Waals surface area contributed by atoms with Crippen molar-refractivity contribution in [2.75, 3.05) is 4.90 Å². The number of hydrogen-bond donors (Lipinski definition) is 0. The van der Waals surface area contributed by atoms with Gasteiger partial charge in [-0.2, -0.15) is 0 Å². The number of aromatic nitrogens is 4. The van der Waals surface area contributed by atoms with Gasteiger partial charge < -0.3 is 4.90 Å². The standard InChI is InChI=1S/C22H23N5S/c1-4-20-25-21(19-11-12-28-22(19)26-20)27(13-17-9-5-7-15(2)23-17)14-18-10-6-8-16(3)24-18/h5-12H,4,13-14H2,1-3H3. The largest absolute Gasteiger partial charge is 0.344 e. The van der Waals surface area contributed by atoms with Crippen molar-refractivity contribution in [3.63, 3.8) is 0 Å². The van der Waals surface area contributed by atoms with E-state index in [1.165, 1.54) is 0 Å². The summed E-state index contributed by atoms with van der Waals surface area (Å²) in [6.45, 7) is 7.47. The summed E-state index contributed by atoms with van der Waals surface area (Å²) in [7, 11) is 0. The van der Waals surface area contributed by atoms with Crippen LogP contribution in [0.1, 0.15) is 35.5 Å². The molecule has 0 atom stereocenters. The van der Waals surface area contributed by atoms with Crippen molar-refractivity contribution >= 4 is 27.4 Å². The molecular formula is C22H23N5S. The van der Waals surface area contributed by atoms with Gasteiger partial charge in [-0.15, -0.1) is 11.3 Å². The lowest BCUT2D eigenvalue weighted by molar-refractivity contribution is 0.744. The van der Waals surface area contributed by atoms with Crippen LogP contribution in [-0.4, -0.2) is 19.9 Å². The molecule has 0 radical (unpaired) electrons. The smallest absolute Gasteiger partial charge is 0.141 e. The van der Waals surface area contributed by atoms with E-state index in [0.29, 0.717) is 13.1 Å². The first-order valence-electron chi connectivity index (χ1n) is 9.46. The van der Waals surface area contributed by atoms with Crippen LogP contribution in [0.25, 0.3) is 10.2 Å². The fourth-order valence-corrected chi connectivity index (χ4v) is 4.03. The van der Waals surface area contributed by atoms with Crippen molar-refractivity contribution in [2.45, 2.75) is 40.3 Å². The Hall–Kier alpha value is -2.86. The van der Waals surface area contributed by atoms with Crippen molar-refractivity contribution in [1.82, 2.24) is 19.9 Å². The monoisotopic (exact) mass is 389 g/mol. The minimum Gasteiger partial charge on any atom is -0.344 e. The van der Waals surface area contributed by atoms with Crippen molar-refractivity contribution < 1.29 is 0 Å². The molecule has 28 heavy (non-hydrogen) atoms. The summed E-state index contributed by atoms with van der Waals surface area (Å²) in [5.41, 5.74) is 4.08. The summed E-state index contributed by atoms with van der Waals surface area (Å²) < 4.78 is 0. The molecule has 0 aliphatic carbocycles. The molecule has 0 bridgehead atoms. The van der Waals surface area contributed by atoms with Gasteiger partial charge >= 0.3 is 0 Å². The second-order valence-electron chi connectivity index (χ2n) is 6.85. The highest BCUT2D eigenvalue weighted by Crippen LogP contribution is 2.30. The van der Waals surface area contributed by atoms with Gasteiger partial charge in [0, 0.05) is 17.8 Å². The fourth-order valence-electron chi connectivity index (χ4n) is 3.25. The van der Waals surface area contributed by atoms with Gasteiger partial charge in [-0.05, 0) is 49.6 Å². The Balaban J connectivity index is 1.79. The Morgan fingerprint density at radius 2 is 1.46 bits per heavy atom. The molecule has 4 aromatic heterocycles. The average Bonchev–Trinajstić information content (AvgIpc) is 3.15. The Bertz CT molecular complexity index is 1060. The molecule has 0 aromatic carbocycles. The summed E-state index contributed by atoms with van der Waals surface area (Å²) in [5.74, 6) is 1.82. The average molecular weight is 390 g/mol. The van der Waals surface area contributed by atoms with Gasteiger partial charge in [-0.3, -0.25) is 9.97 Å². The second-order valence-corrected chi connectivity index (χ2v) is 7.75. The summed E-state index contributed by atoms with van der Waals surface area (Å²) in [6, 6.07) is 14.4. The van der Waals surface area contributed by atoms with Crippen molar-refractivity contribution in [3.8, 4) is 0 Å². The molecule has 4 aromatic rings. The molecule has 0 aliphatic heterocycles. The molecule has 142 valence electrons. The first-order chi connectivity index (χ1) is 13.6. The zero-order valence-corrected chi connectivity index (χ0v) is 17.2. The number of thiophene rings is 1. The minimum atomic E-state index is 0.669. The third kappa shape index (κ3) is 4.02. The molecule has 0 saturated heterocycles. The van der Waals surface area contributed by atoms with Crippen LogP contribution < -0.4 is 4.90 Å². The number of pyridine rings is 2. The topological polar surface area (TPSA) is 54.8 Å². The summed E-state index contributed by atoms with van der Waals surface area (Å²) >= 11 is 1.66. The number of rotatable bonds is 6. The van der Waals surface area contributed by atoms with E-state index in [9.17, 15) is 0 Å². The molecular weight excluding hydrogens is 366 g/mol. The van der Waals surface area contributed by atoms with Gasteiger partial charge in [0.25, 0.3) is 0 Å². The number of hydrogen-bond acceptors (Lipinski definition) is 6. The first-order valence-corrected chi connectivity index (χ1v) is 10.3. The molecule has 4 heterocycles. The maximum atomic E-state index is 4.90. The van der Waals surface area contributed by atoms with E-state index >= 15 is 0 Å². The van der Waals surface area contributed by atoms with Gasteiger partial charge in [-0.1, -0.05) is 19.1 Å². The van der Waals surface area contributed by atoms with Gasteiger partial charge in [0.1, 0.15) is 16.5 Å². The van der Waals surface area contributed by atoms with E-state index in [-0.39, 0.29) is 0 Å². The lowest BCUT2D eigenvalue weighted by Crippen LogP contribution is -2.25. The van der Waals surface area contributed by atoms with Crippen LogP contribution in [0.5, 0.6) is 0 Å².